The SMILES string of the molecule is CCCCCC/C=C\CCCCCCCCCC(=O)OC(/C=C\CCCCCCCCCCCC)C(COP(=O)([O-])OCC[N+](C)(C)C)NC(=O)CCCCCCCCCCCCCCCCCCC/C=C/CCCCCCCC. The molecule has 1 amide bonds. The third-order valence-corrected chi connectivity index (χ3v) is 16.8. The smallest absolute Gasteiger partial charge is 0.306 e. The summed E-state index contributed by atoms with van der Waals surface area (Å²) in [5.74, 6) is -0.530. The monoisotopic (exact) mass is 1150 g/mol. The number of unbranched alkanes of at least 4 members (excludes halogenated alkanes) is 44. The minimum atomic E-state index is -4.70. The van der Waals surface area contributed by atoms with Gasteiger partial charge in [0.15, 0.2) is 0 Å². The Morgan fingerprint density at radius 3 is 1.07 bits per heavy atom. The summed E-state index contributed by atoms with van der Waals surface area (Å²) in [6.45, 7) is 6.87. The summed E-state index contributed by atoms with van der Waals surface area (Å²) >= 11 is 0. The first-order valence-corrected chi connectivity index (χ1v) is 36.3. The van der Waals surface area contributed by atoms with E-state index in [9.17, 15) is 19.0 Å². The van der Waals surface area contributed by atoms with Gasteiger partial charge in [-0.25, -0.2) is 0 Å². The van der Waals surface area contributed by atoms with Crippen molar-refractivity contribution in [1.82, 2.24) is 5.32 Å². The number of likely N-dealkylation sites (N-methyl/N-ethyl adjacent to an activating group) is 1. The Hall–Kier alpha value is -1.77. The molecule has 0 rings (SSSR count). The lowest BCUT2D eigenvalue weighted by Gasteiger charge is -2.30. The predicted molar refractivity (Wildman–Crippen MR) is 344 cm³/mol. The van der Waals surface area contributed by atoms with E-state index >= 15 is 0 Å². The number of rotatable bonds is 64. The summed E-state index contributed by atoms with van der Waals surface area (Å²) in [5, 5.41) is 3.04. The quantitative estimate of drug-likeness (QED) is 0.0212. The average Bonchev–Trinajstić information content (AvgIpc) is 3.43. The molecular formula is C70H135N2O7P. The number of amides is 1. The van der Waals surface area contributed by atoms with E-state index in [2.05, 4.69) is 50.4 Å². The first-order chi connectivity index (χ1) is 38.9. The molecule has 0 fully saturated rings. The highest BCUT2D eigenvalue weighted by Gasteiger charge is 2.27. The van der Waals surface area contributed by atoms with Crippen LogP contribution in [0.3, 0.4) is 0 Å². The molecule has 0 radical (unpaired) electrons. The Morgan fingerprint density at radius 2 is 0.725 bits per heavy atom. The number of phosphoric acid groups is 1. The number of ether oxygens (including phenoxy) is 1. The van der Waals surface area contributed by atoms with Crippen molar-refractivity contribution in [3.8, 4) is 0 Å². The van der Waals surface area contributed by atoms with E-state index in [1.54, 1.807) is 0 Å². The largest absolute Gasteiger partial charge is 0.756 e. The number of esters is 1. The normalized spacial score (nSPS) is 13.7. The third kappa shape index (κ3) is 60.8. The number of hydrogen-bond donors (Lipinski definition) is 1. The minimum Gasteiger partial charge on any atom is -0.756 e. The van der Waals surface area contributed by atoms with Crippen molar-refractivity contribution in [3.05, 3.63) is 36.5 Å². The van der Waals surface area contributed by atoms with E-state index in [1.165, 1.54) is 244 Å². The van der Waals surface area contributed by atoms with Crippen molar-refractivity contribution in [2.45, 2.75) is 360 Å². The molecule has 9 nitrogen and oxygen atoms in total. The Bertz CT molecular complexity index is 1460. The molecule has 3 unspecified atom stereocenters. The molecule has 1 N–H and O–H groups in total. The van der Waals surface area contributed by atoms with Crippen LogP contribution in [0.1, 0.15) is 348 Å². The highest BCUT2D eigenvalue weighted by atomic mass is 31.2. The van der Waals surface area contributed by atoms with E-state index < -0.39 is 20.0 Å². The summed E-state index contributed by atoms with van der Waals surface area (Å²) < 4.78 is 30.4. The van der Waals surface area contributed by atoms with Crippen LogP contribution >= 0.6 is 7.82 Å². The molecule has 80 heavy (non-hydrogen) atoms. The fourth-order valence-electron chi connectivity index (χ4n) is 10.4. The summed E-state index contributed by atoms with van der Waals surface area (Å²) in [6.07, 6.45) is 74.1. The van der Waals surface area contributed by atoms with Gasteiger partial charge in [0.25, 0.3) is 7.82 Å². The summed E-state index contributed by atoms with van der Waals surface area (Å²) in [6, 6.07) is -0.887. The standard InChI is InChI=1S/C70H135N2O7P/c1-7-10-13-16-19-22-25-28-30-31-32-33-34-35-36-37-38-39-40-41-43-44-47-50-53-56-59-62-69(73)71-67(66-78-80(75,76)77-65-64-72(4,5)6)68(61-58-55-52-49-46-27-24-21-18-15-12-9-3)79-70(74)63-60-57-54-51-48-45-42-29-26-23-20-17-14-11-8-2/h23,26,28,30,58,61,67-68H,7-22,24-25,27,29,31-57,59-60,62-66H2,1-6H3,(H-,71,73,75,76)/b26-23-,30-28+,61-58-. The van der Waals surface area contributed by atoms with Gasteiger partial charge in [-0.2, -0.15) is 0 Å². The minimum absolute atomic E-state index is 0.0204. The molecule has 0 saturated carbocycles. The van der Waals surface area contributed by atoms with Gasteiger partial charge in [-0.15, -0.1) is 0 Å². The van der Waals surface area contributed by atoms with Gasteiger partial charge in [0.1, 0.15) is 19.3 Å². The second kappa shape index (κ2) is 60.4. The number of allylic oxidation sites excluding steroid dienone is 5. The van der Waals surface area contributed by atoms with E-state index in [1.807, 2.05) is 33.3 Å². The van der Waals surface area contributed by atoms with Crippen molar-refractivity contribution >= 4 is 19.7 Å². The first-order valence-electron chi connectivity index (χ1n) is 34.8. The van der Waals surface area contributed by atoms with E-state index in [0.29, 0.717) is 17.4 Å². The number of carbonyl (C=O) groups is 2. The molecule has 472 valence electrons. The lowest BCUT2D eigenvalue weighted by molar-refractivity contribution is -0.870. The maximum atomic E-state index is 13.6. The van der Waals surface area contributed by atoms with Crippen molar-refractivity contribution in [1.29, 1.82) is 0 Å². The van der Waals surface area contributed by atoms with Gasteiger partial charge in [-0.1, -0.05) is 289 Å². The number of phosphoric ester groups is 1. The van der Waals surface area contributed by atoms with Gasteiger partial charge >= 0.3 is 5.97 Å². The van der Waals surface area contributed by atoms with E-state index in [4.69, 9.17) is 13.8 Å². The van der Waals surface area contributed by atoms with Gasteiger partial charge in [-0.3, -0.25) is 14.2 Å². The molecule has 10 heteroatoms. The van der Waals surface area contributed by atoms with Crippen molar-refractivity contribution in [2.24, 2.45) is 0 Å². The van der Waals surface area contributed by atoms with Gasteiger partial charge in [0, 0.05) is 12.8 Å². The number of hydrogen-bond acceptors (Lipinski definition) is 7. The molecular weight excluding hydrogens is 1010 g/mol. The van der Waals surface area contributed by atoms with Crippen molar-refractivity contribution in [3.63, 3.8) is 0 Å². The Morgan fingerprint density at radius 1 is 0.425 bits per heavy atom. The Labute approximate surface area is 497 Å². The molecule has 0 aliphatic heterocycles. The maximum Gasteiger partial charge on any atom is 0.306 e. The molecule has 0 spiro atoms. The van der Waals surface area contributed by atoms with Gasteiger partial charge in [-0.05, 0) is 83.1 Å². The molecule has 0 saturated heterocycles. The van der Waals surface area contributed by atoms with E-state index in [0.717, 1.165) is 70.6 Å². The summed E-state index contributed by atoms with van der Waals surface area (Å²) in [5.41, 5.74) is 0. The van der Waals surface area contributed by atoms with Crippen LogP contribution < -0.4 is 10.2 Å². The molecule has 0 aliphatic rings. The van der Waals surface area contributed by atoms with Crippen LogP contribution in [0.15, 0.2) is 36.5 Å². The maximum absolute atomic E-state index is 13.6. The topological polar surface area (TPSA) is 114 Å². The van der Waals surface area contributed by atoms with Crippen LogP contribution in [-0.4, -0.2) is 69.4 Å². The molecule has 0 aromatic carbocycles. The lowest BCUT2D eigenvalue weighted by Crippen LogP contribution is -2.47. The molecule has 0 aromatic rings. The first kappa shape index (κ1) is 78.2. The fourth-order valence-corrected chi connectivity index (χ4v) is 11.1. The molecule has 0 aliphatic carbocycles. The average molecular weight is 1150 g/mol. The second-order valence-corrected chi connectivity index (χ2v) is 26.4. The highest BCUT2D eigenvalue weighted by molar-refractivity contribution is 7.45. The molecule has 0 aromatic heterocycles. The molecule has 3 atom stereocenters. The van der Waals surface area contributed by atoms with Crippen molar-refractivity contribution in [2.75, 3.05) is 40.9 Å². The lowest BCUT2D eigenvalue weighted by atomic mass is 10.0. The zero-order valence-corrected chi connectivity index (χ0v) is 54.9. The predicted octanol–water partition coefficient (Wildman–Crippen LogP) is 21.2. The van der Waals surface area contributed by atoms with Crippen LogP contribution in [-0.2, 0) is 27.9 Å². The van der Waals surface area contributed by atoms with E-state index in [-0.39, 0.29) is 31.5 Å². The Balaban J connectivity index is 4.98. The van der Waals surface area contributed by atoms with Gasteiger partial charge < -0.3 is 28.5 Å². The van der Waals surface area contributed by atoms with Crippen LogP contribution in [0.25, 0.3) is 0 Å². The number of quaternary nitrogens is 1. The fraction of sp³-hybridized carbons (Fsp3) is 0.886. The zero-order chi connectivity index (χ0) is 58.6. The third-order valence-electron chi connectivity index (χ3n) is 15.8. The van der Waals surface area contributed by atoms with Crippen LogP contribution in [0, 0.1) is 0 Å². The van der Waals surface area contributed by atoms with Crippen LogP contribution in [0.4, 0.5) is 0 Å². The van der Waals surface area contributed by atoms with Gasteiger partial charge in [0.05, 0.1) is 33.8 Å². The highest BCUT2D eigenvalue weighted by Crippen LogP contribution is 2.38. The van der Waals surface area contributed by atoms with Crippen LogP contribution in [0.2, 0.25) is 0 Å². The van der Waals surface area contributed by atoms with Crippen molar-refractivity contribution < 1.29 is 37.3 Å². The summed E-state index contributed by atoms with van der Waals surface area (Å²) in [4.78, 5) is 40.1. The second-order valence-electron chi connectivity index (χ2n) is 25.0. The summed E-state index contributed by atoms with van der Waals surface area (Å²) in [7, 11) is 1.20. The van der Waals surface area contributed by atoms with Gasteiger partial charge in [0.2, 0.25) is 5.91 Å². The number of nitrogens with one attached hydrogen (secondary N) is 1. The number of carbonyl (C=O) groups excluding carboxylic acids is 2. The Kier molecular flexibility index (Phi) is 59.0. The zero-order valence-electron chi connectivity index (χ0n) is 54.1. The molecule has 0 heterocycles. The van der Waals surface area contributed by atoms with Crippen LogP contribution in [0.5, 0.6) is 0 Å². The number of nitrogens with zero attached hydrogens (tertiary/aromatic N) is 1. The molecule has 0 bridgehead atoms.